The van der Waals surface area contributed by atoms with Crippen molar-refractivity contribution in [2.45, 2.75) is 51.5 Å². The number of carbonyl (C=O) groups is 1. The average molecular weight is 286 g/mol. The summed E-state index contributed by atoms with van der Waals surface area (Å²) >= 11 is 0. The van der Waals surface area contributed by atoms with Crippen LogP contribution in [-0.2, 0) is 11.2 Å². The Morgan fingerprint density at radius 2 is 2.19 bits per heavy atom. The summed E-state index contributed by atoms with van der Waals surface area (Å²) < 4.78 is 0. The molecule has 1 aromatic rings. The van der Waals surface area contributed by atoms with Crippen molar-refractivity contribution >= 4 is 11.6 Å². The Balaban J connectivity index is 1.41. The molecule has 114 valence electrons. The van der Waals surface area contributed by atoms with Crippen LogP contribution in [0.25, 0.3) is 0 Å². The van der Waals surface area contributed by atoms with E-state index in [4.69, 9.17) is 0 Å². The number of anilines is 1. The molecule has 1 aliphatic carbocycles. The van der Waals surface area contributed by atoms with Crippen LogP contribution in [0.1, 0.15) is 44.6 Å². The minimum absolute atomic E-state index is 0.0901. The van der Waals surface area contributed by atoms with E-state index in [1.807, 2.05) is 18.2 Å². The average Bonchev–Trinajstić information content (AvgIpc) is 2.91. The summed E-state index contributed by atoms with van der Waals surface area (Å²) in [5.74, 6) is 1.82. The maximum absolute atomic E-state index is 12.2. The molecule has 0 aromatic heterocycles. The number of hydrogen-bond acceptors (Lipinski definition) is 2. The second-order valence-corrected chi connectivity index (χ2v) is 6.78. The lowest BCUT2D eigenvalue weighted by Crippen LogP contribution is -2.39. The monoisotopic (exact) mass is 286 g/mol. The Bertz CT molecular complexity index is 475. The molecule has 0 saturated heterocycles. The van der Waals surface area contributed by atoms with Gasteiger partial charge in [-0.25, -0.2) is 0 Å². The van der Waals surface area contributed by atoms with Crippen LogP contribution in [0.4, 0.5) is 5.69 Å². The van der Waals surface area contributed by atoms with E-state index in [0.717, 1.165) is 36.9 Å². The number of benzene rings is 1. The van der Waals surface area contributed by atoms with Gasteiger partial charge in [0, 0.05) is 18.7 Å². The first-order valence-corrected chi connectivity index (χ1v) is 8.34. The molecule has 2 N–H and O–H groups in total. The zero-order chi connectivity index (χ0) is 14.7. The van der Waals surface area contributed by atoms with Crippen molar-refractivity contribution in [3.63, 3.8) is 0 Å². The fourth-order valence-electron chi connectivity index (χ4n) is 3.80. The molecule has 1 amide bonds. The highest BCUT2D eigenvalue weighted by Gasteiger charge is 2.26. The largest absolute Gasteiger partial charge is 0.373 e. The van der Waals surface area contributed by atoms with Crippen molar-refractivity contribution in [3.8, 4) is 0 Å². The summed E-state index contributed by atoms with van der Waals surface area (Å²) in [5, 5.41) is 6.44. The fraction of sp³-hybridized carbons (Fsp3) is 0.611. The standard InChI is InChI=1S/C18H26N2O/c1-13-5-4-6-14(11-13)9-10-19-18(21)17-12-15-7-2-3-8-16(15)20-17/h2-3,7-8,13-14,17,20H,4-6,9-12H2,1H3,(H,19,21). The van der Waals surface area contributed by atoms with Gasteiger partial charge in [0.1, 0.15) is 6.04 Å². The molecule has 0 bridgehead atoms. The number of nitrogens with one attached hydrogen (secondary N) is 2. The minimum Gasteiger partial charge on any atom is -0.373 e. The molecule has 0 radical (unpaired) electrons. The minimum atomic E-state index is -0.0901. The summed E-state index contributed by atoms with van der Waals surface area (Å²) in [5.41, 5.74) is 2.36. The first-order chi connectivity index (χ1) is 10.2. The highest BCUT2D eigenvalue weighted by molar-refractivity contribution is 5.87. The van der Waals surface area contributed by atoms with Gasteiger partial charge < -0.3 is 10.6 Å². The molecule has 3 unspecified atom stereocenters. The van der Waals surface area contributed by atoms with Crippen molar-refractivity contribution in [3.05, 3.63) is 29.8 Å². The van der Waals surface area contributed by atoms with E-state index >= 15 is 0 Å². The van der Waals surface area contributed by atoms with Crippen LogP contribution >= 0.6 is 0 Å². The molecule has 3 nitrogen and oxygen atoms in total. The van der Waals surface area contributed by atoms with Gasteiger partial charge in [-0.15, -0.1) is 0 Å². The molecule has 0 spiro atoms. The number of para-hydroxylation sites is 1. The number of amides is 1. The Labute approximate surface area is 127 Å². The van der Waals surface area contributed by atoms with E-state index in [2.05, 4.69) is 23.6 Å². The van der Waals surface area contributed by atoms with Crippen molar-refractivity contribution in [2.75, 3.05) is 11.9 Å². The lowest BCUT2D eigenvalue weighted by atomic mass is 9.81. The Kier molecular flexibility index (Phi) is 4.47. The van der Waals surface area contributed by atoms with E-state index < -0.39 is 0 Å². The molecule has 1 fully saturated rings. The molecular weight excluding hydrogens is 260 g/mol. The highest BCUT2D eigenvalue weighted by atomic mass is 16.2. The van der Waals surface area contributed by atoms with E-state index in [1.54, 1.807) is 0 Å². The van der Waals surface area contributed by atoms with Crippen molar-refractivity contribution in [2.24, 2.45) is 11.8 Å². The predicted octanol–water partition coefficient (Wildman–Crippen LogP) is 3.36. The third-order valence-electron chi connectivity index (χ3n) is 4.98. The van der Waals surface area contributed by atoms with Crippen LogP contribution in [0, 0.1) is 11.8 Å². The first-order valence-electron chi connectivity index (χ1n) is 8.34. The Morgan fingerprint density at radius 3 is 3.00 bits per heavy atom. The van der Waals surface area contributed by atoms with Crippen LogP contribution < -0.4 is 10.6 Å². The SMILES string of the molecule is CC1CCCC(CCNC(=O)C2Cc3ccccc3N2)C1. The zero-order valence-electron chi connectivity index (χ0n) is 12.9. The summed E-state index contributed by atoms with van der Waals surface area (Å²) in [6, 6.07) is 8.10. The van der Waals surface area contributed by atoms with Gasteiger partial charge in [0.2, 0.25) is 5.91 Å². The molecule has 1 heterocycles. The molecule has 21 heavy (non-hydrogen) atoms. The van der Waals surface area contributed by atoms with Crippen LogP contribution in [0.3, 0.4) is 0 Å². The van der Waals surface area contributed by atoms with Crippen LogP contribution in [0.5, 0.6) is 0 Å². The number of fused-ring (bicyclic) bond motifs is 1. The molecule has 1 aliphatic heterocycles. The van der Waals surface area contributed by atoms with Crippen LogP contribution in [0.15, 0.2) is 24.3 Å². The molecule has 3 rings (SSSR count). The quantitative estimate of drug-likeness (QED) is 0.891. The number of carbonyl (C=O) groups excluding carboxylic acids is 1. The van der Waals surface area contributed by atoms with Gasteiger partial charge >= 0.3 is 0 Å². The normalized spacial score (nSPS) is 27.8. The van der Waals surface area contributed by atoms with Gasteiger partial charge in [0.15, 0.2) is 0 Å². The summed E-state index contributed by atoms with van der Waals surface area (Å²) in [6.07, 6.45) is 7.36. The first kappa shape index (κ1) is 14.4. The van der Waals surface area contributed by atoms with E-state index in [-0.39, 0.29) is 11.9 Å². The summed E-state index contributed by atoms with van der Waals surface area (Å²) in [7, 11) is 0. The van der Waals surface area contributed by atoms with Gasteiger partial charge in [0.25, 0.3) is 0 Å². The van der Waals surface area contributed by atoms with E-state index in [0.29, 0.717) is 0 Å². The van der Waals surface area contributed by atoms with Gasteiger partial charge in [0.05, 0.1) is 0 Å². The topological polar surface area (TPSA) is 41.1 Å². The smallest absolute Gasteiger partial charge is 0.242 e. The number of hydrogen-bond donors (Lipinski definition) is 2. The van der Waals surface area contributed by atoms with Crippen LogP contribution in [-0.4, -0.2) is 18.5 Å². The molecule has 1 saturated carbocycles. The fourth-order valence-corrected chi connectivity index (χ4v) is 3.80. The molecular formula is C18H26N2O. The van der Waals surface area contributed by atoms with Gasteiger partial charge in [-0.3, -0.25) is 4.79 Å². The summed E-state index contributed by atoms with van der Waals surface area (Å²) in [4.78, 5) is 12.2. The molecule has 3 atom stereocenters. The van der Waals surface area contributed by atoms with E-state index in [1.165, 1.54) is 31.2 Å². The Hall–Kier alpha value is -1.51. The molecule has 2 aliphatic rings. The number of rotatable bonds is 4. The molecule has 1 aromatic carbocycles. The van der Waals surface area contributed by atoms with Crippen molar-refractivity contribution in [1.29, 1.82) is 0 Å². The van der Waals surface area contributed by atoms with Gasteiger partial charge in [-0.05, 0) is 36.3 Å². The Morgan fingerprint density at radius 1 is 1.33 bits per heavy atom. The second kappa shape index (κ2) is 6.50. The lowest BCUT2D eigenvalue weighted by Gasteiger charge is -2.26. The van der Waals surface area contributed by atoms with Gasteiger partial charge in [-0.2, -0.15) is 0 Å². The maximum Gasteiger partial charge on any atom is 0.242 e. The summed E-state index contributed by atoms with van der Waals surface area (Å²) in [6.45, 7) is 3.18. The van der Waals surface area contributed by atoms with Gasteiger partial charge in [-0.1, -0.05) is 44.4 Å². The molecule has 3 heteroatoms. The third-order valence-corrected chi connectivity index (χ3v) is 4.98. The lowest BCUT2D eigenvalue weighted by molar-refractivity contribution is -0.121. The van der Waals surface area contributed by atoms with Crippen molar-refractivity contribution < 1.29 is 4.79 Å². The zero-order valence-corrected chi connectivity index (χ0v) is 12.9. The highest BCUT2D eigenvalue weighted by Crippen LogP contribution is 2.30. The third kappa shape index (κ3) is 3.58. The maximum atomic E-state index is 12.2. The predicted molar refractivity (Wildman–Crippen MR) is 86.3 cm³/mol. The van der Waals surface area contributed by atoms with Crippen LogP contribution in [0.2, 0.25) is 0 Å². The van der Waals surface area contributed by atoms with Crippen molar-refractivity contribution in [1.82, 2.24) is 5.32 Å². The van der Waals surface area contributed by atoms with E-state index in [9.17, 15) is 4.79 Å². The second-order valence-electron chi connectivity index (χ2n) is 6.78.